The zero-order valence-electron chi connectivity index (χ0n) is 14.4. The van der Waals surface area contributed by atoms with Crippen molar-refractivity contribution in [2.45, 2.75) is 32.6 Å². The summed E-state index contributed by atoms with van der Waals surface area (Å²) in [5, 5.41) is 2.08. The summed E-state index contributed by atoms with van der Waals surface area (Å²) in [6.07, 6.45) is 2.10. The van der Waals surface area contributed by atoms with E-state index in [2.05, 4.69) is 37.4 Å². The normalized spacial score (nSPS) is 18.6. The first-order valence-corrected chi connectivity index (χ1v) is 8.72. The number of ether oxygens (including phenoxy) is 3. The van der Waals surface area contributed by atoms with Crippen molar-refractivity contribution in [3.8, 4) is 17.2 Å². The van der Waals surface area contributed by atoms with Crippen LogP contribution in [0.3, 0.4) is 0 Å². The zero-order chi connectivity index (χ0) is 16.6. The second kappa shape index (κ2) is 6.08. The van der Waals surface area contributed by atoms with Crippen LogP contribution >= 0.6 is 11.3 Å². The Balaban J connectivity index is 1.97. The van der Waals surface area contributed by atoms with Gasteiger partial charge in [0, 0.05) is 10.3 Å². The van der Waals surface area contributed by atoms with Crippen molar-refractivity contribution in [1.29, 1.82) is 0 Å². The molecule has 0 spiro atoms. The lowest BCUT2D eigenvalue weighted by molar-refractivity contribution is 0.311. The van der Waals surface area contributed by atoms with Gasteiger partial charge in [-0.05, 0) is 53.5 Å². The third-order valence-corrected chi connectivity index (χ3v) is 5.82. The van der Waals surface area contributed by atoms with E-state index in [0.717, 1.165) is 30.1 Å². The van der Waals surface area contributed by atoms with Crippen LogP contribution in [0.2, 0.25) is 0 Å². The molecule has 1 aliphatic rings. The van der Waals surface area contributed by atoms with E-state index in [1.165, 1.54) is 16.0 Å². The van der Waals surface area contributed by atoms with Crippen molar-refractivity contribution in [2.75, 3.05) is 21.3 Å². The first kappa shape index (κ1) is 16.2. The second-order valence-corrected chi connectivity index (χ2v) is 7.78. The van der Waals surface area contributed by atoms with Gasteiger partial charge in [-0.25, -0.2) is 0 Å². The zero-order valence-corrected chi connectivity index (χ0v) is 15.3. The second-order valence-electron chi connectivity index (χ2n) is 6.78. The van der Waals surface area contributed by atoms with Gasteiger partial charge in [-0.3, -0.25) is 0 Å². The van der Waals surface area contributed by atoms with E-state index < -0.39 is 0 Å². The van der Waals surface area contributed by atoms with E-state index in [1.807, 2.05) is 0 Å². The number of thiophene rings is 1. The summed E-state index contributed by atoms with van der Waals surface area (Å²) >= 11 is 1.77. The average molecular weight is 332 g/mol. The molecule has 23 heavy (non-hydrogen) atoms. The molecule has 2 aromatic rings. The topological polar surface area (TPSA) is 27.7 Å². The molecule has 0 saturated carbocycles. The fraction of sp³-hybridized carbons (Fsp3) is 0.474. The summed E-state index contributed by atoms with van der Waals surface area (Å²) in [6, 6.07) is 6.46. The highest BCUT2D eigenvalue weighted by atomic mass is 32.1. The molecule has 0 fully saturated rings. The predicted molar refractivity (Wildman–Crippen MR) is 94.3 cm³/mol. The molecule has 124 valence electrons. The Labute approximate surface area is 142 Å². The molecule has 0 amide bonds. The Morgan fingerprint density at radius 3 is 2.35 bits per heavy atom. The van der Waals surface area contributed by atoms with Crippen LogP contribution in [0.4, 0.5) is 0 Å². The number of benzene rings is 1. The lowest BCUT2D eigenvalue weighted by Gasteiger charge is -2.27. The molecule has 1 aromatic heterocycles. The van der Waals surface area contributed by atoms with Gasteiger partial charge in [0.2, 0.25) is 0 Å². The first-order valence-electron chi connectivity index (χ1n) is 7.84. The van der Waals surface area contributed by atoms with Gasteiger partial charge in [0.25, 0.3) is 0 Å². The molecule has 1 aromatic carbocycles. The number of hydrogen-bond donors (Lipinski definition) is 0. The maximum Gasteiger partial charge on any atom is 0.161 e. The number of rotatable bonds is 5. The van der Waals surface area contributed by atoms with Crippen LogP contribution in [0.15, 0.2) is 23.6 Å². The Morgan fingerprint density at radius 2 is 1.74 bits per heavy atom. The van der Waals surface area contributed by atoms with E-state index in [4.69, 9.17) is 14.2 Å². The molecule has 0 saturated heterocycles. The van der Waals surface area contributed by atoms with Gasteiger partial charge < -0.3 is 14.2 Å². The molecular formula is C19H24O3S. The van der Waals surface area contributed by atoms with E-state index in [-0.39, 0.29) is 5.41 Å². The van der Waals surface area contributed by atoms with Gasteiger partial charge in [0.1, 0.15) is 5.75 Å². The maximum atomic E-state index is 5.51. The highest BCUT2D eigenvalue weighted by Gasteiger charge is 2.39. The van der Waals surface area contributed by atoms with Crippen molar-refractivity contribution >= 4 is 11.3 Å². The summed E-state index contributed by atoms with van der Waals surface area (Å²) in [6.45, 7) is 4.70. The third-order valence-electron chi connectivity index (χ3n) is 4.88. The molecule has 3 rings (SSSR count). The van der Waals surface area contributed by atoms with E-state index in [0.29, 0.717) is 5.92 Å². The minimum atomic E-state index is 0.219. The smallest absolute Gasteiger partial charge is 0.161 e. The molecule has 3 nitrogen and oxygen atoms in total. The molecular weight excluding hydrogens is 308 g/mol. The van der Waals surface area contributed by atoms with Crippen LogP contribution in [-0.2, 0) is 12.8 Å². The maximum absolute atomic E-state index is 5.51. The Hall–Kier alpha value is -1.68. The summed E-state index contributed by atoms with van der Waals surface area (Å²) < 4.78 is 16.3. The summed E-state index contributed by atoms with van der Waals surface area (Å²) in [5.41, 5.74) is 2.98. The first-order chi connectivity index (χ1) is 11.0. The molecule has 0 aliphatic heterocycles. The summed E-state index contributed by atoms with van der Waals surface area (Å²) in [7, 11) is 5.11. The lowest BCUT2D eigenvalue weighted by atomic mass is 9.77. The third kappa shape index (κ3) is 2.92. The fourth-order valence-electron chi connectivity index (χ4n) is 3.61. The predicted octanol–water partition coefficient (Wildman–Crippen LogP) is 4.68. The van der Waals surface area contributed by atoms with Gasteiger partial charge in [-0.1, -0.05) is 13.8 Å². The van der Waals surface area contributed by atoms with Gasteiger partial charge in [0.15, 0.2) is 11.5 Å². The summed E-state index contributed by atoms with van der Waals surface area (Å²) in [4.78, 5) is 1.36. The van der Waals surface area contributed by atoms with E-state index in [9.17, 15) is 0 Å². The van der Waals surface area contributed by atoms with Crippen LogP contribution in [0.5, 0.6) is 17.2 Å². The monoisotopic (exact) mass is 332 g/mol. The highest BCUT2D eigenvalue weighted by molar-refractivity contribution is 7.10. The molecule has 1 aliphatic carbocycles. The molecule has 1 heterocycles. The van der Waals surface area contributed by atoms with Gasteiger partial charge >= 0.3 is 0 Å². The fourth-order valence-corrected chi connectivity index (χ4v) is 4.49. The average Bonchev–Trinajstić information content (AvgIpc) is 3.08. The minimum Gasteiger partial charge on any atom is -0.496 e. The van der Waals surface area contributed by atoms with Crippen molar-refractivity contribution < 1.29 is 14.2 Å². The number of methoxy groups -OCH3 is 3. The number of hydrogen-bond acceptors (Lipinski definition) is 4. The van der Waals surface area contributed by atoms with Gasteiger partial charge in [-0.15, -0.1) is 11.3 Å². The van der Waals surface area contributed by atoms with Crippen LogP contribution < -0.4 is 14.2 Å². The lowest BCUT2D eigenvalue weighted by Crippen LogP contribution is -2.19. The molecule has 0 radical (unpaired) electrons. The van der Waals surface area contributed by atoms with E-state index in [1.54, 1.807) is 32.7 Å². The van der Waals surface area contributed by atoms with Crippen molar-refractivity contribution in [2.24, 2.45) is 5.41 Å². The molecule has 1 atom stereocenters. The summed E-state index contributed by atoms with van der Waals surface area (Å²) in [5.74, 6) is 3.06. The van der Waals surface area contributed by atoms with Gasteiger partial charge in [-0.2, -0.15) is 0 Å². The quantitative estimate of drug-likeness (QED) is 0.795. The minimum absolute atomic E-state index is 0.219. The molecule has 0 bridgehead atoms. The molecule has 0 N–H and O–H groups in total. The largest absolute Gasteiger partial charge is 0.496 e. The van der Waals surface area contributed by atoms with Crippen molar-refractivity contribution in [3.05, 3.63) is 39.6 Å². The van der Waals surface area contributed by atoms with Crippen LogP contribution in [-0.4, -0.2) is 21.3 Å². The Morgan fingerprint density at radius 1 is 1.04 bits per heavy atom. The van der Waals surface area contributed by atoms with Crippen LogP contribution in [0, 0.1) is 5.41 Å². The van der Waals surface area contributed by atoms with Gasteiger partial charge in [0.05, 0.1) is 21.3 Å². The van der Waals surface area contributed by atoms with Crippen molar-refractivity contribution in [1.82, 2.24) is 0 Å². The molecule has 4 heteroatoms. The Bertz CT molecular complexity index is 703. The van der Waals surface area contributed by atoms with Crippen LogP contribution in [0.25, 0.3) is 0 Å². The van der Waals surface area contributed by atoms with Crippen molar-refractivity contribution in [3.63, 3.8) is 0 Å². The highest BCUT2D eigenvalue weighted by Crippen LogP contribution is 2.51. The van der Waals surface area contributed by atoms with Crippen LogP contribution in [0.1, 0.15) is 35.8 Å². The number of fused-ring (bicyclic) bond motifs is 1. The SMILES string of the molecule is COc1csc(CC2c3cc(OC)c(OC)cc3CC2(C)C)c1. The Kier molecular flexibility index (Phi) is 4.28. The standard InChI is InChI=1S/C19H24O3S/c1-19(2)10-12-6-17(21-4)18(22-5)9-15(12)16(19)8-14-7-13(20-3)11-23-14/h6-7,9,11,16H,8,10H2,1-5H3. The van der Waals surface area contributed by atoms with E-state index >= 15 is 0 Å². The molecule has 1 unspecified atom stereocenters.